The molecule has 1 aliphatic heterocycles. The fourth-order valence-electron chi connectivity index (χ4n) is 3.66. The molecule has 30 heavy (non-hydrogen) atoms. The van der Waals surface area contributed by atoms with Crippen molar-refractivity contribution in [3.8, 4) is 10.9 Å². The Morgan fingerprint density at radius 1 is 1.13 bits per heavy atom. The molecule has 0 bridgehead atoms. The molecule has 2 heterocycles. The van der Waals surface area contributed by atoms with Gasteiger partial charge >= 0.3 is 0 Å². The minimum Gasteiger partial charge on any atom is -0.497 e. The summed E-state index contributed by atoms with van der Waals surface area (Å²) in [5.74, 6) is 0.764. The summed E-state index contributed by atoms with van der Waals surface area (Å²) in [5, 5.41) is 0.617. The van der Waals surface area contributed by atoms with Gasteiger partial charge in [-0.3, -0.25) is 0 Å². The van der Waals surface area contributed by atoms with Crippen molar-refractivity contribution in [1.82, 2.24) is 9.29 Å². The predicted octanol–water partition coefficient (Wildman–Crippen LogP) is 4.49. The monoisotopic (exact) mass is 446 g/mol. The van der Waals surface area contributed by atoms with Crippen molar-refractivity contribution >= 4 is 31.6 Å². The molecule has 4 rings (SSSR count). The first-order valence-corrected chi connectivity index (χ1v) is 12.5. The second-order valence-electron chi connectivity index (χ2n) is 7.43. The van der Waals surface area contributed by atoms with Crippen LogP contribution in [0.1, 0.15) is 31.7 Å². The van der Waals surface area contributed by atoms with E-state index in [1.54, 1.807) is 23.5 Å². The Bertz CT molecular complexity index is 1100. The molecule has 1 fully saturated rings. The van der Waals surface area contributed by atoms with Gasteiger partial charge in [0.1, 0.15) is 11.9 Å². The van der Waals surface area contributed by atoms with E-state index in [1.165, 1.54) is 11.3 Å². The standard InChI is InChI=1S/C22H26N2O4S2/c1-3-4-16-5-8-19(9-6-16)30(25,26)24-13-11-17(12-14-24)28-22-23-20-15-18(27-2)7-10-21(20)29-22/h5-10,15,17H,3-4,11-14H2,1-2H3. The topological polar surface area (TPSA) is 68.7 Å². The summed E-state index contributed by atoms with van der Waals surface area (Å²) in [6.45, 7) is 3.01. The van der Waals surface area contributed by atoms with Crippen molar-refractivity contribution in [2.45, 2.75) is 43.6 Å². The van der Waals surface area contributed by atoms with Crippen LogP contribution < -0.4 is 9.47 Å². The van der Waals surface area contributed by atoms with E-state index in [9.17, 15) is 8.42 Å². The second-order valence-corrected chi connectivity index (χ2v) is 10.4. The van der Waals surface area contributed by atoms with Gasteiger partial charge in [0, 0.05) is 19.2 Å². The molecular weight excluding hydrogens is 420 g/mol. The van der Waals surface area contributed by atoms with Gasteiger partial charge in [-0.25, -0.2) is 13.4 Å². The molecule has 160 valence electrons. The SMILES string of the molecule is CCCc1ccc(S(=O)(=O)N2CCC(Oc3nc4cc(OC)ccc4s3)CC2)cc1. The number of hydrogen-bond donors (Lipinski definition) is 0. The number of benzene rings is 2. The molecule has 6 nitrogen and oxygen atoms in total. The van der Waals surface area contributed by atoms with E-state index in [1.807, 2.05) is 30.3 Å². The van der Waals surface area contributed by atoms with Gasteiger partial charge in [0.25, 0.3) is 5.19 Å². The number of rotatable bonds is 7. The smallest absolute Gasteiger partial charge is 0.274 e. The number of aromatic nitrogens is 1. The van der Waals surface area contributed by atoms with Crippen molar-refractivity contribution in [3.63, 3.8) is 0 Å². The Balaban J connectivity index is 1.38. The number of aryl methyl sites for hydroxylation is 1. The minimum atomic E-state index is -3.47. The van der Waals surface area contributed by atoms with Gasteiger partial charge in [-0.15, -0.1) is 0 Å². The number of sulfonamides is 1. The lowest BCUT2D eigenvalue weighted by molar-refractivity contribution is 0.135. The Hall–Kier alpha value is -2.16. The van der Waals surface area contributed by atoms with Crippen molar-refractivity contribution in [2.75, 3.05) is 20.2 Å². The number of thiazole rings is 1. The van der Waals surface area contributed by atoms with Crippen LogP contribution in [0.5, 0.6) is 10.9 Å². The Morgan fingerprint density at radius 3 is 2.53 bits per heavy atom. The van der Waals surface area contributed by atoms with E-state index in [0.29, 0.717) is 36.0 Å². The maximum absolute atomic E-state index is 13.0. The van der Waals surface area contributed by atoms with Crippen LogP contribution in [0.2, 0.25) is 0 Å². The fourth-order valence-corrected chi connectivity index (χ4v) is 5.99. The molecule has 0 saturated carbocycles. The third kappa shape index (κ3) is 4.45. The summed E-state index contributed by atoms with van der Waals surface area (Å²) in [6.07, 6.45) is 3.26. The number of methoxy groups -OCH3 is 1. The molecule has 0 atom stereocenters. The summed E-state index contributed by atoms with van der Waals surface area (Å²) in [4.78, 5) is 4.90. The van der Waals surface area contributed by atoms with Gasteiger partial charge in [0.2, 0.25) is 10.0 Å². The third-order valence-corrected chi connectivity index (χ3v) is 8.18. The van der Waals surface area contributed by atoms with Crippen LogP contribution in [-0.2, 0) is 16.4 Å². The number of fused-ring (bicyclic) bond motifs is 1. The van der Waals surface area contributed by atoms with E-state index in [4.69, 9.17) is 9.47 Å². The summed E-state index contributed by atoms with van der Waals surface area (Å²) in [6, 6.07) is 13.0. The summed E-state index contributed by atoms with van der Waals surface area (Å²) < 4.78 is 39.8. The zero-order valence-electron chi connectivity index (χ0n) is 17.2. The van der Waals surface area contributed by atoms with E-state index < -0.39 is 10.0 Å². The highest BCUT2D eigenvalue weighted by molar-refractivity contribution is 7.89. The van der Waals surface area contributed by atoms with E-state index in [2.05, 4.69) is 11.9 Å². The molecule has 0 amide bonds. The van der Waals surface area contributed by atoms with Gasteiger partial charge in [0.15, 0.2) is 0 Å². The minimum absolute atomic E-state index is 0.0363. The second kappa shape index (κ2) is 8.91. The van der Waals surface area contributed by atoms with Gasteiger partial charge in [0.05, 0.1) is 22.2 Å². The molecule has 3 aromatic rings. The van der Waals surface area contributed by atoms with E-state index in [0.717, 1.165) is 34.4 Å². The molecule has 0 unspecified atom stereocenters. The van der Waals surface area contributed by atoms with E-state index >= 15 is 0 Å². The largest absolute Gasteiger partial charge is 0.497 e. The van der Waals surface area contributed by atoms with Gasteiger partial charge in [-0.2, -0.15) is 4.31 Å². The lowest BCUT2D eigenvalue weighted by atomic mass is 10.1. The first-order valence-electron chi connectivity index (χ1n) is 10.2. The van der Waals surface area contributed by atoms with Gasteiger partial charge < -0.3 is 9.47 Å². The van der Waals surface area contributed by atoms with Crippen LogP contribution in [0.15, 0.2) is 47.4 Å². The van der Waals surface area contributed by atoms with Crippen LogP contribution in [0, 0.1) is 0 Å². The zero-order chi connectivity index (χ0) is 21.1. The highest BCUT2D eigenvalue weighted by Crippen LogP contribution is 2.32. The predicted molar refractivity (Wildman–Crippen MR) is 119 cm³/mol. The fraction of sp³-hybridized carbons (Fsp3) is 0.409. The number of nitrogens with zero attached hydrogens (tertiary/aromatic N) is 2. The van der Waals surface area contributed by atoms with Crippen LogP contribution in [-0.4, -0.2) is 44.0 Å². The highest BCUT2D eigenvalue weighted by atomic mass is 32.2. The molecule has 0 spiro atoms. The summed E-state index contributed by atoms with van der Waals surface area (Å²) >= 11 is 1.50. The molecule has 1 saturated heterocycles. The molecular formula is C22H26N2O4S2. The van der Waals surface area contributed by atoms with Crippen molar-refractivity contribution in [2.24, 2.45) is 0 Å². The van der Waals surface area contributed by atoms with Gasteiger partial charge in [-0.05, 0) is 49.1 Å². The first kappa shape index (κ1) is 21.1. The molecule has 2 aromatic carbocycles. The quantitative estimate of drug-likeness (QED) is 0.535. The normalized spacial score (nSPS) is 16.1. The number of ether oxygens (including phenoxy) is 2. The molecule has 0 N–H and O–H groups in total. The Morgan fingerprint density at radius 2 is 1.87 bits per heavy atom. The number of piperidine rings is 1. The van der Waals surface area contributed by atoms with E-state index in [-0.39, 0.29) is 6.10 Å². The first-order chi connectivity index (χ1) is 14.5. The van der Waals surface area contributed by atoms with Crippen molar-refractivity contribution in [1.29, 1.82) is 0 Å². The lowest BCUT2D eigenvalue weighted by Gasteiger charge is -2.30. The third-order valence-electron chi connectivity index (χ3n) is 5.34. The summed E-state index contributed by atoms with van der Waals surface area (Å²) in [5.41, 5.74) is 2.01. The highest BCUT2D eigenvalue weighted by Gasteiger charge is 2.30. The Labute approximate surface area is 181 Å². The maximum atomic E-state index is 13.0. The van der Waals surface area contributed by atoms with Crippen molar-refractivity contribution in [3.05, 3.63) is 48.0 Å². The lowest BCUT2D eigenvalue weighted by Crippen LogP contribution is -2.41. The average Bonchev–Trinajstić information content (AvgIpc) is 3.16. The van der Waals surface area contributed by atoms with Gasteiger partial charge in [-0.1, -0.05) is 36.8 Å². The number of hydrogen-bond acceptors (Lipinski definition) is 6. The van der Waals surface area contributed by atoms with Crippen LogP contribution >= 0.6 is 11.3 Å². The molecule has 1 aliphatic rings. The Kier molecular flexibility index (Phi) is 6.26. The van der Waals surface area contributed by atoms with Crippen LogP contribution in [0.4, 0.5) is 0 Å². The van der Waals surface area contributed by atoms with Crippen molar-refractivity contribution < 1.29 is 17.9 Å². The molecule has 1 aromatic heterocycles. The van der Waals surface area contributed by atoms with Crippen LogP contribution in [0.25, 0.3) is 10.2 Å². The molecule has 0 aliphatic carbocycles. The molecule has 8 heteroatoms. The molecule has 0 radical (unpaired) electrons. The zero-order valence-corrected chi connectivity index (χ0v) is 18.8. The summed E-state index contributed by atoms with van der Waals surface area (Å²) in [7, 11) is -1.84. The van der Waals surface area contributed by atoms with Crippen LogP contribution in [0.3, 0.4) is 0 Å². The maximum Gasteiger partial charge on any atom is 0.274 e. The average molecular weight is 447 g/mol.